The quantitative estimate of drug-likeness (QED) is 0.576. The van der Waals surface area contributed by atoms with E-state index in [4.69, 9.17) is 16.7 Å². The van der Waals surface area contributed by atoms with Gasteiger partial charge in [-0.3, -0.25) is 14.9 Å². The van der Waals surface area contributed by atoms with Crippen LogP contribution in [0.3, 0.4) is 0 Å². The van der Waals surface area contributed by atoms with Crippen LogP contribution in [0.1, 0.15) is 18.9 Å². The van der Waals surface area contributed by atoms with E-state index in [0.717, 1.165) is 5.56 Å². The number of nitrogens with one attached hydrogen (secondary N) is 3. The summed E-state index contributed by atoms with van der Waals surface area (Å²) in [5.74, 6) is -0.195. The number of amides is 2. The van der Waals surface area contributed by atoms with Crippen LogP contribution in [0, 0.1) is 5.92 Å². The molecule has 3 unspecified atom stereocenters. The molecule has 0 spiro atoms. The third kappa shape index (κ3) is 5.66. The minimum Gasteiger partial charge on any atom is -0.396 e. The predicted molar refractivity (Wildman–Crippen MR) is 95.5 cm³/mol. The molecule has 0 saturated carbocycles. The fourth-order valence-electron chi connectivity index (χ4n) is 2.48. The van der Waals surface area contributed by atoms with Gasteiger partial charge in [-0.25, -0.2) is 0 Å². The molecule has 6 nitrogen and oxygen atoms in total. The molecule has 4 N–H and O–H groups in total. The Balaban J connectivity index is 1.72. The van der Waals surface area contributed by atoms with E-state index in [1.165, 1.54) is 11.8 Å². The molecule has 0 aliphatic carbocycles. The number of carbonyl (C=O) groups is 2. The number of thioether (sulfide) groups is 1. The summed E-state index contributed by atoms with van der Waals surface area (Å²) >= 11 is 7.15. The van der Waals surface area contributed by atoms with E-state index in [2.05, 4.69) is 16.0 Å². The summed E-state index contributed by atoms with van der Waals surface area (Å²) in [6.45, 7) is 2.33. The van der Waals surface area contributed by atoms with Gasteiger partial charge in [0.15, 0.2) is 0 Å². The fraction of sp³-hybridized carbons (Fsp3) is 0.500. The SMILES string of the molecule is CC1NC(SCC(=O)NCc2ccc(Cl)cc2)NC(=O)C1CCO. The molecule has 0 bridgehead atoms. The molecule has 24 heavy (non-hydrogen) atoms. The third-order valence-electron chi connectivity index (χ3n) is 3.85. The number of carbonyl (C=O) groups excluding carboxylic acids is 2. The normalized spacial score (nSPS) is 23.6. The fourth-order valence-corrected chi connectivity index (χ4v) is 3.54. The summed E-state index contributed by atoms with van der Waals surface area (Å²) in [5, 5.41) is 18.6. The van der Waals surface area contributed by atoms with Gasteiger partial charge in [-0.2, -0.15) is 0 Å². The van der Waals surface area contributed by atoms with Crippen LogP contribution in [0.4, 0.5) is 0 Å². The Morgan fingerprint density at radius 2 is 2.08 bits per heavy atom. The Bertz CT molecular complexity index is 570. The molecule has 3 atom stereocenters. The third-order valence-corrected chi connectivity index (χ3v) is 5.12. The van der Waals surface area contributed by atoms with Crippen LogP contribution in [0.15, 0.2) is 24.3 Å². The number of halogens is 1. The topological polar surface area (TPSA) is 90.5 Å². The van der Waals surface area contributed by atoms with Crippen molar-refractivity contribution < 1.29 is 14.7 Å². The smallest absolute Gasteiger partial charge is 0.230 e. The van der Waals surface area contributed by atoms with Gasteiger partial charge in [0.05, 0.1) is 11.7 Å². The maximum absolute atomic E-state index is 12.0. The first kappa shape index (κ1) is 19.1. The minimum atomic E-state index is -0.302. The second-order valence-corrected chi connectivity index (χ2v) is 7.21. The van der Waals surface area contributed by atoms with E-state index >= 15 is 0 Å². The van der Waals surface area contributed by atoms with Gasteiger partial charge in [0.1, 0.15) is 5.50 Å². The highest BCUT2D eigenvalue weighted by molar-refractivity contribution is 8.00. The number of aliphatic hydroxyl groups excluding tert-OH is 1. The van der Waals surface area contributed by atoms with Crippen molar-refractivity contribution in [3.63, 3.8) is 0 Å². The van der Waals surface area contributed by atoms with E-state index in [1.807, 2.05) is 19.1 Å². The van der Waals surface area contributed by atoms with Crippen LogP contribution in [-0.4, -0.2) is 40.8 Å². The summed E-state index contributed by atoms with van der Waals surface area (Å²) < 4.78 is 0. The van der Waals surface area contributed by atoms with Gasteiger partial charge < -0.3 is 15.7 Å². The Morgan fingerprint density at radius 1 is 1.38 bits per heavy atom. The van der Waals surface area contributed by atoms with Gasteiger partial charge in [-0.15, -0.1) is 11.8 Å². The molecule has 0 radical (unpaired) electrons. The average Bonchev–Trinajstić information content (AvgIpc) is 2.56. The standard InChI is InChI=1S/C16H22ClN3O3S/c1-10-13(6-7-21)15(23)20-16(19-10)24-9-14(22)18-8-11-2-4-12(17)5-3-11/h2-5,10,13,16,19,21H,6-9H2,1H3,(H,18,22)(H,20,23). The van der Waals surface area contributed by atoms with Gasteiger partial charge >= 0.3 is 0 Å². The van der Waals surface area contributed by atoms with Crippen molar-refractivity contribution >= 4 is 35.2 Å². The first-order valence-electron chi connectivity index (χ1n) is 7.79. The number of hydrogen-bond acceptors (Lipinski definition) is 5. The van der Waals surface area contributed by atoms with Gasteiger partial charge in [0.2, 0.25) is 11.8 Å². The Hall–Kier alpha value is -1.28. The molecule has 1 heterocycles. The molecule has 2 amide bonds. The number of benzene rings is 1. The van der Waals surface area contributed by atoms with Crippen LogP contribution in [-0.2, 0) is 16.1 Å². The molecule has 1 aliphatic rings. The van der Waals surface area contributed by atoms with Crippen LogP contribution >= 0.6 is 23.4 Å². The molecule has 1 aromatic rings. The van der Waals surface area contributed by atoms with Crippen LogP contribution in [0.5, 0.6) is 0 Å². The van der Waals surface area contributed by atoms with Crippen molar-refractivity contribution in [2.24, 2.45) is 5.92 Å². The number of rotatable bonds is 7. The van der Waals surface area contributed by atoms with E-state index in [-0.39, 0.29) is 41.6 Å². The molecular weight excluding hydrogens is 350 g/mol. The lowest BCUT2D eigenvalue weighted by Crippen LogP contribution is -2.59. The number of aliphatic hydroxyl groups is 1. The van der Waals surface area contributed by atoms with Crippen molar-refractivity contribution in [1.82, 2.24) is 16.0 Å². The summed E-state index contributed by atoms with van der Waals surface area (Å²) in [5.41, 5.74) is 0.672. The molecular formula is C16H22ClN3O3S. The number of hydrogen-bond donors (Lipinski definition) is 4. The monoisotopic (exact) mass is 371 g/mol. The summed E-state index contributed by atoms with van der Waals surface area (Å²) in [6.07, 6.45) is 0.430. The van der Waals surface area contributed by atoms with Crippen molar-refractivity contribution in [3.05, 3.63) is 34.9 Å². The summed E-state index contributed by atoms with van der Waals surface area (Å²) in [4.78, 5) is 23.9. The predicted octanol–water partition coefficient (Wildman–Crippen LogP) is 1.08. The Kier molecular flexibility index (Phi) is 7.36. The van der Waals surface area contributed by atoms with E-state index in [0.29, 0.717) is 18.0 Å². The summed E-state index contributed by atoms with van der Waals surface area (Å²) in [7, 11) is 0. The van der Waals surface area contributed by atoms with Gasteiger partial charge in [0.25, 0.3) is 0 Å². The second kappa shape index (κ2) is 9.27. The maximum atomic E-state index is 12.0. The first-order chi connectivity index (χ1) is 11.5. The van der Waals surface area contributed by atoms with Crippen molar-refractivity contribution in [2.75, 3.05) is 12.4 Å². The largest absolute Gasteiger partial charge is 0.396 e. The van der Waals surface area contributed by atoms with Crippen LogP contribution in [0.2, 0.25) is 5.02 Å². The van der Waals surface area contributed by atoms with Crippen molar-refractivity contribution in [2.45, 2.75) is 31.4 Å². The zero-order valence-electron chi connectivity index (χ0n) is 13.4. The molecule has 1 aromatic carbocycles. The highest BCUT2D eigenvalue weighted by Gasteiger charge is 2.33. The van der Waals surface area contributed by atoms with E-state index in [9.17, 15) is 9.59 Å². The lowest BCUT2D eigenvalue weighted by Gasteiger charge is -2.35. The minimum absolute atomic E-state index is 0.0188. The molecule has 1 saturated heterocycles. The molecule has 1 aliphatic heterocycles. The summed E-state index contributed by atoms with van der Waals surface area (Å²) in [6, 6.07) is 7.25. The van der Waals surface area contributed by atoms with Crippen molar-refractivity contribution in [3.8, 4) is 0 Å². The van der Waals surface area contributed by atoms with Gasteiger partial charge in [0, 0.05) is 24.2 Å². The lowest BCUT2D eigenvalue weighted by molar-refractivity contribution is -0.128. The molecule has 1 fully saturated rings. The van der Waals surface area contributed by atoms with Crippen LogP contribution < -0.4 is 16.0 Å². The molecule has 0 aromatic heterocycles. The zero-order chi connectivity index (χ0) is 17.5. The van der Waals surface area contributed by atoms with E-state index in [1.54, 1.807) is 12.1 Å². The van der Waals surface area contributed by atoms with Gasteiger partial charge in [-0.1, -0.05) is 23.7 Å². The highest BCUT2D eigenvalue weighted by Crippen LogP contribution is 2.18. The van der Waals surface area contributed by atoms with Gasteiger partial charge in [-0.05, 0) is 31.0 Å². The second-order valence-electron chi connectivity index (χ2n) is 5.68. The first-order valence-corrected chi connectivity index (χ1v) is 9.22. The van der Waals surface area contributed by atoms with E-state index < -0.39 is 0 Å². The Labute approximate surface area is 150 Å². The molecule has 132 valence electrons. The highest BCUT2D eigenvalue weighted by atomic mass is 35.5. The average molecular weight is 372 g/mol. The van der Waals surface area contributed by atoms with Crippen molar-refractivity contribution in [1.29, 1.82) is 0 Å². The zero-order valence-corrected chi connectivity index (χ0v) is 15.0. The molecule has 8 heteroatoms. The maximum Gasteiger partial charge on any atom is 0.230 e. The Morgan fingerprint density at radius 3 is 2.71 bits per heavy atom. The molecule has 2 rings (SSSR count). The lowest BCUT2D eigenvalue weighted by atomic mass is 9.95. The van der Waals surface area contributed by atoms with Crippen LogP contribution in [0.25, 0.3) is 0 Å².